The number of nitrogens with one attached hydrogen (secondary N) is 2. The summed E-state index contributed by atoms with van der Waals surface area (Å²) in [6.45, 7) is 1.92. The molecule has 1 amide bonds. The summed E-state index contributed by atoms with van der Waals surface area (Å²) < 4.78 is 0. The summed E-state index contributed by atoms with van der Waals surface area (Å²) >= 11 is 10.9. The molecule has 16 heavy (non-hydrogen) atoms. The smallest absolute Gasteiger partial charge is 0.236 e. The summed E-state index contributed by atoms with van der Waals surface area (Å²) in [6, 6.07) is 5.48. The van der Waals surface area contributed by atoms with Gasteiger partial charge in [0.1, 0.15) is 0 Å². The second kappa shape index (κ2) is 5.67. The van der Waals surface area contributed by atoms with Crippen molar-refractivity contribution in [1.82, 2.24) is 5.32 Å². The quantitative estimate of drug-likeness (QED) is 0.717. The molecular formula is C10H12ClN3OS. The van der Waals surface area contributed by atoms with Crippen LogP contribution >= 0.6 is 23.8 Å². The maximum absolute atomic E-state index is 10.5. The molecule has 0 heterocycles. The highest BCUT2D eigenvalue weighted by Gasteiger charge is 2.01. The monoisotopic (exact) mass is 257 g/mol. The molecule has 1 aromatic carbocycles. The first kappa shape index (κ1) is 12.7. The topological polar surface area (TPSA) is 67.2 Å². The van der Waals surface area contributed by atoms with E-state index in [0.29, 0.717) is 10.1 Å². The fourth-order valence-electron chi connectivity index (χ4n) is 1.01. The van der Waals surface area contributed by atoms with Crippen LogP contribution in [-0.2, 0) is 4.79 Å². The molecule has 0 bridgehead atoms. The van der Waals surface area contributed by atoms with E-state index in [4.69, 9.17) is 29.6 Å². The molecule has 0 atom stereocenters. The molecule has 86 valence electrons. The van der Waals surface area contributed by atoms with Gasteiger partial charge in [0.05, 0.1) is 6.54 Å². The van der Waals surface area contributed by atoms with Crippen molar-refractivity contribution in [2.75, 3.05) is 11.9 Å². The minimum Gasteiger partial charge on any atom is -0.368 e. The van der Waals surface area contributed by atoms with E-state index >= 15 is 0 Å². The van der Waals surface area contributed by atoms with E-state index in [-0.39, 0.29) is 6.54 Å². The molecule has 6 heteroatoms. The summed E-state index contributed by atoms with van der Waals surface area (Å²) in [5, 5.41) is 6.55. The number of anilines is 1. The van der Waals surface area contributed by atoms with E-state index in [9.17, 15) is 4.79 Å². The van der Waals surface area contributed by atoms with E-state index in [2.05, 4.69) is 10.6 Å². The van der Waals surface area contributed by atoms with Crippen LogP contribution in [0.5, 0.6) is 0 Å². The van der Waals surface area contributed by atoms with Crippen molar-refractivity contribution >= 4 is 40.5 Å². The van der Waals surface area contributed by atoms with Crippen LogP contribution < -0.4 is 16.4 Å². The van der Waals surface area contributed by atoms with Crippen LogP contribution in [0.4, 0.5) is 5.69 Å². The van der Waals surface area contributed by atoms with Gasteiger partial charge in [0.15, 0.2) is 5.11 Å². The third-order valence-electron chi connectivity index (χ3n) is 1.85. The lowest BCUT2D eigenvalue weighted by molar-refractivity contribution is -0.116. The predicted octanol–water partition coefficient (Wildman–Crippen LogP) is 1.42. The van der Waals surface area contributed by atoms with Gasteiger partial charge in [-0.05, 0) is 36.8 Å². The number of rotatable bonds is 3. The molecule has 0 aliphatic heterocycles. The predicted molar refractivity (Wildman–Crippen MR) is 69.6 cm³/mol. The van der Waals surface area contributed by atoms with E-state index in [1.54, 1.807) is 6.07 Å². The number of carbonyl (C=O) groups excluding carboxylic acids is 1. The number of nitrogens with two attached hydrogens (primary N) is 1. The highest BCUT2D eigenvalue weighted by molar-refractivity contribution is 7.80. The van der Waals surface area contributed by atoms with E-state index < -0.39 is 5.91 Å². The van der Waals surface area contributed by atoms with Gasteiger partial charge in [-0.1, -0.05) is 17.7 Å². The van der Waals surface area contributed by atoms with Gasteiger partial charge in [0, 0.05) is 10.7 Å². The van der Waals surface area contributed by atoms with Crippen molar-refractivity contribution in [2.24, 2.45) is 5.73 Å². The van der Waals surface area contributed by atoms with Gasteiger partial charge in [0.2, 0.25) is 5.91 Å². The van der Waals surface area contributed by atoms with E-state index in [0.717, 1.165) is 11.3 Å². The molecule has 0 fully saturated rings. The summed E-state index contributed by atoms with van der Waals surface area (Å²) in [5.74, 6) is -0.467. The first-order chi connectivity index (χ1) is 7.49. The Morgan fingerprint density at radius 1 is 1.56 bits per heavy atom. The zero-order chi connectivity index (χ0) is 12.1. The van der Waals surface area contributed by atoms with E-state index in [1.165, 1.54) is 0 Å². The lowest BCUT2D eigenvalue weighted by Crippen LogP contribution is -2.35. The molecule has 4 nitrogen and oxygen atoms in total. The number of thiocarbonyl (C=S) groups is 1. The zero-order valence-corrected chi connectivity index (χ0v) is 10.3. The number of primary amides is 1. The largest absolute Gasteiger partial charge is 0.368 e. The fourth-order valence-corrected chi connectivity index (χ4v) is 1.38. The molecule has 0 radical (unpaired) electrons. The van der Waals surface area contributed by atoms with Gasteiger partial charge in [-0.15, -0.1) is 0 Å². The molecule has 0 unspecified atom stereocenters. The molecule has 1 rings (SSSR count). The lowest BCUT2D eigenvalue weighted by Gasteiger charge is -2.09. The Bertz CT molecular complexity index is 423. The van der Waals surface area contributed by atoms with Gasteiger partial charge < -0.3 is 16.4 Å². The number of aryl methyl sites for hydroxylation is 1. The van der Waals surface area contributed by atoms with Crippen LogP contribution in [-0.4, -0.2) is 17.6 Å². The first-order valence-corrected chi connectivity index (χ1v) is 5.37. The van der Waals surface area contributed by atoms with Crippen LogP contribution in [0.1, 0.15) is 5.56 Å². The number of hydrogen-bond donors (Lipinski definition) is 3. The van der Waals surface area contributed by atoms with Crippen LogP contribution in [0.25, 0.3) is 0 Å². The number of hydrogen-bond acceptors (Lipinski definition) is 2. The van der Waals surface area contributed by atoms with Crippen molar-refractivity contribution < 1.29 is 4.79 Å². The second-order valence-corrected chi connectivity index (χ2v) is 4.05. The van der Waals surface area contributed by atoms with Crippen molar-refractivity contribution in [3.05, 3.63) is 28.8 Å². The van der Waals surface area contributed by atoms with E-state index in [1.807, 2.05) is 19.1 Å². The Hall–Kier alpha value is -1.33. The molecule has 0 aliphatic rings. The Morgan fingerprint density at radius 3 is 2.81 bits per heavy atom. The Labute approximate surface area is 104 Å². The fraction of sp³-hybridized carbons (Fsp3) is 0.200. The lowest BCUT2D eigenvalue weighted by atomic mass is 10.2. The van der Waals surface area contributed by atoms with Crippen molar-refractivity contribution in [3.8, 4) is 0 Å². The first-order valence-electron chi connectivity index (χ1n) is 4.58. The minimum absolute atomic E-state index is 0.00538. The summed E-state index contributed by atoms with van der Waals surface area (Å²) in [4.78, 5) is 10.5. The molecule has 0 aliphatic carbocycles. The molecule has 0 saturated heterocycles. The van der Waals surface area contributed by atoms with Crippen molar-refractivity contribution in [2.45, 2.75) is 6.92 Å². The molecule has 4 N–H and O–H groups in total. The zero-order valence-electron chi connectivity index (χ0n) is 8.71. The SMILES string of the molecule is Cc1ccc(NC(=S)NCC(N)=O)cc1Cl. The number of halogens is 1. The third-order valence-corrected chi connectivity index (χ3v) is 2.51. The van der Waals surface area contributed by atoms with Crippen LogP contribution in [0.15, 0.2) is 18.2 Å². The standard InChI is InChI=1S/C10H12ClN3OS/c1-6-2-3-7(4-8(6)11)14-10(16)13-5-9(12)15/h2-4H,5H2,1H3,(H2,12,15)(H2,13,14,16). The van der Waals surface area contributed by atoms with Gasteiger partial charge in [-0.3, -0.25) is 4.79 Å². The van der Waals surface area contributed by atoms with Crippen molar-refractivity contribution in [3.63, 3.8) is 0 Å². The average molecular weight is 258 g/mol. The van der Waals surface area contributed by atoms with Crippen LogP contribution in [0.2, 0.25) is 5.02 Å². The van der Waals surface area contributed by atoms with Gasteiger partial charge >= 0.3 is 0 Å². The molecular weight excluding hydrogens is 246 g/mol. The average Bonchev–Trinajstić information content (AvgIpc) is 2.21. The Balaban J connectivity index is 2.56. The molecule has 0 saturated carbocycles. The maximum Gasteiger partial charge on any atom is 0.236 e. The summed E-state index contributed by atoms with van der Waals surface area (Å²) in [7, 11) is 0. The molecule has 1 aromatic rings. The normalized spacial score (nSPS) is 9.62. The van der Waals surface area contributed by atoms with Crippen LogP contribution in [0.3, 0.4) is 0 Å². The van der Waals surface area contributed by atoms with Gasteiger partial charge in [0.25, 0.3) is 0 Å². The molecule has 0 aromatic heterocycles. The van der Waals surface area contributed by atoms with Crippen molar-refractivity contribution in [1.29, 1.82) is 0 Å². The number of benzene rings is 1. The third kappa shape index (κ3) is 4.04. The number of carbonyl (C=O) groups is 1. The molecule has 0 spiro atoms. The summed E-state index contributed by atoms with van der Waals surface area (Å²) in [5.41, 5.74) is 6.72. The van der Waals surface area contributed by atoms with Gasteiger partial charge in [-0.25, -0.2) is 0 Å². The number of amides is 1. The minimum atomic E-state index is -0.467. The highest BCUT2D eigenvalue weighted by atomic mass is 35.5. The summed E-state index contributed by atoms with van der Waals surface area (Å²) in [6.07, 6.45) is 0. The van der Waals surface area contributed by atoms with Crippen LogP contribution in [0, 0.1) is 6.92 Å². The Morgan fingerprint density at radius 2 is 2.25 bits per heavy atom. The highest BCUT2D eigenvalue weighted by Crippen LogP contribution is 2.19. The maximum atomic E-state index is 10.5. The second-order valence-electron chi connectivity index (χ2n) is 3.24. The Kier molecular flexibility index (Phi) is 4.52. The van der Waals surface area contributed by atoms with Gasteiger partial charge in [-0.2, -0.15) is 0 Å².